The van der Waals surface area contributed by atoms with Crippen molar-refractivity contribution in [3.63, 3.8) is 0 Å². The van der Waals surface area contributed by atoms with E-state index in [1.165, 1.54) is 18.3 Å². The maximum atomic E-state index is 12.4. The molecule has 0 bridgehead atoms. The summed E-state index contributed by atoms with van der Waals surface area (Å²) in [5.74, 6) is 0.704. The Labute approximate surface area is 127 Å². The second kappa shape index (κ2) is 4.96. The van der Waals surface area contributed by atoms with Crippen LogP contribution in [0.5, 0.6) is 0 Å². The molecule has 0 aromatic rings. The molecule has 21 heavy (non-hydrogen) atoms. The van der Waals surface area contributed by atoms with Gasteiger partial charge < -0.3 is 4.74 Å². The highest BCUT2D eigenvalue weighted by Crippen LogP contribution is 2.61. The molecule has 0 aromatic carbocycles. The summed E-state index contributed by atoms with van der Waals surface area (Å²) in [5.41, 5.74) is 2.63. The Morgan fingerprint density at radius 1 is 1.19 bits per heavy atom. The molecule has 0 radical (unpaired) electrons. The summed E-state index contributed by atoms with van der Waals surface area (Å²) in [7, 11) is 1.51. The van der Waals surface area contributed by atoms with Gasteiger partial charge in [0.1, 0.15) is 5.78 Å². The molecule has 1 saturated carbocycles. The van der Waals surface area contributed by atoms with Crippen LogP contribution in [0.4, 0.5) is 0 Å². The van der Waals surface area contributed by atoms with E-state index in [0.717, 1.165) is 38.5 Å². The number of esters is 1. The largest absolute Gasteiger partial charge is 0.469 e. The van der Waals surface area contributed by atoms with Crippen LogP contribution in [0.2, 0.25) is 0 Å². The van der Waals surface area contributed by atoms with E-state index in [4.69, 9.17) is 4.74 Å². The fourth-order valence-corrected chi connectivity index (χ4v) is 5.47. The minimum Gasteiger partial charge on any atom is -0.469 e. The fraction of sp³-hybridized carbons (Fsp3) is 0.778. The van der Waals surface area contributed by atoms with Gasteiger partial charge in [0.2, 0.25) is 0 Å². The SMILES string of the molecule is COC(=O)[C@]1(C)CCC[C@]2(C)C3=C(CC[C@@H]12)CC(=O)CC3. The van der Waals surface area contributed by atoms with Gasteiger partial charge in [-0.3, -0.25) is 9.59 Å². The lowest BCUT2D eigenvalue weighted by molar-refractivity contribution is -0.163. The number of ether oxygens (including phenoxy) is 1. The van der Waals surface area contributed by atoms with E-state index < -0.39 is 0 Å². The number of Topliss-reactive ketones (excluding diaryl/α,β-unsaturated/α-hetero) is 1. The van der Waals surface area contributed by atoms with Crippen LogP contribution >= 0.6 is 0 Å². The number of ketones is 1. The standard InChI is InChI=1S/C18H26O3/c1-17-9-4-10-18(2,16(20)21-3)15(17)8-5-12-11-13(19)6-7-14(12)17/h15H,4-11H2,1-3H3/t15-,17-,18-/m1/s1. The molecule has 3 atom stereocenters. The van der Waals surface area contributed by atoms with Gasteiger partial charge in [-0.05, 0) is 50.4 Å². The van der Waals surface area contributed by atoms with Gasteiger partial charge in [0, 0.05) is 12.8 Å². The Bertz CT molecular complexity index is 519. The van der Waals surface area contributed by atoms with Gasteiger partial charge in [0.15, 0.2) is 0 Å². The minimum absolute atomic E-state index is 0.0469. The molecular weight excluding hydrogens is 264 g/mol. The summed E-state index contributed by atoms with van der Waals surface area (Å²) in [6.07, 6.45) is 7.44. The number of hydrogen-bond donors (Lipinski definition) is 0. The Hall–Kier alpha value is -1.12. The highest BCUT2D eigenvalue weighted by molar-refractivity contribution is 5.83. The first-order valence-electron chi connectivity index (χ1n) is 8.23. The van der Waals surface area contributed by atoms with Gasteiger partial charge in [-0.15, -0.1) is 0 Å². The number of carbonyl (C=O) groups excluding carboxylic acids is 2. The molecule has 0 saturated heterocycles. The number of hydrogen-bond acceptors (Lipinski definition) is 3. The molecule has 0 N–H and O–H groups in total. The number of rotatable bonds is 1. The summed E-state index contributed by atoms with van der Waals surface area (Å²) < 4.78 is 5.13. The van der Waals surface area contributed by atoms with Gasteiger partial charge in [0.25, 0.3) is 0 Å². The lowest BCUT2D eigenvalue weighted by Crippen LogP contribution is -2.51. The lowest BCUT2D eigenvalue weighted by atomic mass is 9.48. The van der Waals surface area contributed by atoms with Crippen LogP contribution in [0.15, 0.2) is 11.1 Å². The topological polar surface area (TPSA) is 43.4 Å². The number of methoxy groups -OCH3 is 1. The average molecular weight is 290 g/mol. The predicted octanol–water partition coefficient (Wildman–Crippen LogP) is 3.82. The third-order valence-corrected chi connectivity index (χ3v) is 6.50. The third kappa shape index (κ3) is 2.08. The number of carbonyl (C=O) groups is 2. The van der Waals surface area contributed by atoms with E-state index >= 15 is 0 Å². The van der Waals surface area contributed by atoms with Gasteiger partial charge in [-0.2, -0.15) is 0 Å². The molecule has 3 aliphatic rings. The zero-order valence-electron chi connectivity index (χ0n) is 13.5. The van der Waals surface area contributed by atoms with Crippen molar-refractivity contribution >= 4 is 11.8 Å². The zero-order chi connectivity index (χ0) is 15.3. The van der Waals surface area contributed by atoms with E-state index in [9.17, 15) is 9.59 Å². The molecule has 0 aromatic heterocycles. The molecule has 3 nitrogen and oxygen atoms in total. The first-order valence-corrected chi connectivity index (χ1v) is 8.23. The molecule has 116 valence electrons. The molecule has 3 aliphatic carbocycles. The first kappa shape index (κ1) is 14.8. The molecule has 0 heterocycles. The van der Waals surface area contributed by atoms with E-state index in [1.807, 2.05) is 0 Å². The van der Waals surface area contributed by atoms with Gasteiger partial charge in [-0.25, -0.2) is 0 Å². The van der Waals surface area contributed by atoms with Crippen molar-refractivity contribution in [3.8, 4) is 0 Å². The van der Waals surface area contributed by atoms with Crippen LogP contribution in [0.25, 0.3) is 0 Å². The summed E-state index contributed by atoms with van der Waals surface area (Å²) in [6, 6.07) is 0. The fourth-order valence-electron chi connectivity index (χ4n) is 5.47. The van der Waals surface area contributed by atoms with Crippen molar-refractivity contribution in [1.29, 1.82) is 0 Å². The summed E-state index contributed by atoms with van der Waals surface area (Å²) in [5, 5.41) is 0. The van der Waals surface area contributed by atoms with Crippen LogP contribution < -0.4 is 0 Å². The monoisotopic (exact) mass is 290 g/mol. The van der Waals surface area contributed by atoms with E-state index in [0.29, 0.717) is 24.5 Å². The van der Waals surface area contributed by atoms with Gasteiger partial charge >= 0.3 is 5.97 Å². The lowest BCUT2D eigenvalue weighted by Gasteiger charge is -2.55. The normalized spacial score (nSPS) is 39.6. The van der Waals surface area contributed by atoms with Gasteiger partial charge in [0.05, 0.1) is 12.5 Å². The van der Waals surface area contributed by atoms with Crippen LogP contribution in [0.3, 0.4) is 0 Å². The van der Waals surface area contributed by atoms with E-state index in [2.05, 4.69) is 13.8 Å². The molecule has 1 fully saturated rings. The quantitative estimate of drug-likeness (QED) is 0.545. The Morgan fingerprint density at radius 3 is 2.67 bits per heavy atom. The average Bonchev–Trinajstić information content (AvgIpc) is 2.45. The van der Waals surface area contributed by atoms with Crippen LogP contribution in [-0.4, -0.2) is 18.9 Å². The second-order valence-electron chi connectivity index (χ2n) is 7.57. The maximum Gasteiger partial charge on any atom is 0.311 e. The van der Waals surface area contributed by atoms with Gasteiger partial charge in [-0.1, -0.05) is 24.5 Å². The van der Waals surface area contributed by atoms with Crippen molar-refractivity contribution in [2.75, 3.05) is 7.11 Å². The van der Waals surface area contributed by atoms with E-state index in [-0.39, 0.29) is 16.8 Å². The molecule has 0 amide bonds. The van der Waals surface area contributed by atoms with Crippen molar-refractivity contribution in [2.45, 2.75) is 65.2 Å². The molecule has 3 heteroatoms. The van der Waals surface area contributed by atoms with Crippen LogP contribution in [-0.2, 0) is 14.3 Å². The summed E-state index contributed by atoms with van der Waals surface area (Å²) in [6.45, 7) is 4.43. The zero-order valence-corrected chi connectivity index (χ0v) is 13.5. The summed E-state index contributed by atoms with van der Waals surface area (Å²) >= 11 is 0. The van der Waals surface area contributed by atoms with Crippen molar-refractivity contribution in [3.05, 3.63) is 11.1 Å². The smallest absolute Gasteiger partial charge is 0.311 e. The van der Waals surface area contributed by atoms with Crippen molar-refractivity contribution in [2.24, 2.45) is 16.7 Å². The maximum absolute atomic E-state index is 12.4. The number of fused-ring (bicyclic) bond motifs is 2. The molecular formula is C18H26O3. The predicted molar refractivity (Wildman–Crippen MR) is 80.7 cm³/mol. The number of allylic oxidation sites excluding steroid dienone is 2. The van der Waals surface area contributed by atoms with Crippen molar-refractivity contribution < 1.29 is 14.3 Å². The molecule has 0 aliphatic heterocycles. The second-order valence-corrected chi connectivity index (χ2v) is 7.57. The minimum atomic E-state index is -0.359. The Kier molecular flexibility index (Phi) is 3.50. The highest BCUT2D eigenvalue weighted by Gasteiger charge is 2.56. The van der Waals surface area contributed by atoms with Crippen molar-refractivity contribution in [1.82, 2.24) is 0 Å². The Balaban J connectivity index is 2.01. The molecule has 0 spiro atoms. The Morgan fingerprint density at radius 2 is 1.95 bits per heavy atom. The molecule has 3 rings (SSSR count). The summed E-state index contributed by atoms with van der Waals surface area (Å²) in [4.78, 5) is 24.2. The van der Waals surface area contributed by atoms with E-state index in [1.54, 1.807) is 0 Å². The van der Waals surface area contributed by atoms with Crippen LogP contribution in [0, 0.1) is 16.7 Å². The first-order chi connectivity index (χ1) is 9.91. The van der Waals surface area contributed by atoms with Crippen LogP contribution in [0.1, 0.15) is 65.2 Å². The molecule has 0 unspecified atom stereocenters. The third-order valence-electron chi connectivity index (χ3n) is 6.50. The highest BCUT2D eigenvalue weighted by atomic mass is 16.5.